The zero-order valence-corrected chi connectivity index (χ0v) is 11.9. The monoisotopic (exact) mass is 259 g/mol. The number of carbonyl (C=O) groups is 2. The van der Waals surface area contributed by atoms with Gasteiger partial charge < -0.3 is 20.6 Å². The minimum absolute atomic E-state index is 0.00805. The van der Waals surface area contributed by atoms with Crippen molar-refractivity contribution in [3.63, 3.8) is 0 Å². The number of rotatable bonds is 7. The molecular formula is C12H25N3O3. The topological polar surface area (TPSA) is 81.7 Å². The van der Waals surface area contributed by atoms with Gasteiger partial charge >= 0.3 is 12.0 Å². The lowest BCUT2D eigenvalue weighted by atomic mass is 10.0. The van der Waals surface area contributed by atoms with Crippen molar-refractivity contribution in [2.24, 2.45) is 5.92 Å². The second-order valence-electron chi connectivity index (χ2n) is 5.03. The Bertz CT molecular complexity index is 280. The van der Waals surface area contributed by atoms with Crippen molar-refractivity contribution in [3.05, 3.63) is 0 Å². The molecule has 2 atom stereocenters. The van der Waals surface area contributed by atoms with Crippen LogP contribution in [0, 0.1) is 5.92 Å². The van der Waals surface area contributed by atoms with Crippen molar-refractivity contribution in [2.75, 3.05) is 20.6 Å². The Morgan fingerprint density at radius 3 is 2.11 bits per heavy atom. The number of urea groups is 1. The number of likely N-dealkylation sites (N-methyl/N-ethyl adjacent to an activating group) is 1. The largest absolute Gasteiger partial charge is 0.480 e. The summed E-state index contributed by atoms with van der Waals surface area (Å²) in [6.07, 6.45) is 0.364. The number of nitrogens with zero attached hydrogens (tertiary/aromatic N) is 1. The highest BCUT2D eigenvalue weighted by molar-refractivity contribution is 5.82. The van der Waals surface area contributed by atoms with E-state index in [4.69, 9.17) is 5.11 Å². The van der Waals surface area contributed by atoms with E-state index < -0.39 is 18.0 Å². The first kappa shape index (κ1) is 16.7. The van der Waals surface area contributed by atoms with Crippen LogP contribution in [0.1, 0.15) is 27.2 Å². The number of hydrogen-bond acceptors (Lipinski definition) is 3. The number of carboxylic acid groups (broad SMARTS) is 1. The molecule has 0 saturated carbocycles. The van der Waals surface area contributed by atoms with Gasteiger partial charge in [0.05, 0.1) is 0 Å². The van der Waals surface area contributed by atoms with E-state index in [1.165, 1.54) is 0 Å². The molecular weight excluding hydrogens is 234 g/mol. The van der Waals surface area contributed by atoms with Crippen LogP contribution in [0.2, 0.25) is 0 Å². The van der Waals surface area contributed by atoms with Gasteiger partial charge in [-0.05, 0) is 26.4 Å². The van der Waals surface area contributed by atoms with Crippen LogP contribution in [0.4, 0.5) is 4.79 Å². The van der Waals surface area contributed by atoms with E-state index in [9.17, 15) is 9.59 Å². The first-order chi connectivity index (χ1) is 8.27. The van der Waals surface area contributed by atoms with E-state index in [-0.39, 0.29) is 12.0 Å². The van der Waals surface area contributed by atoms with Crippen LogP contribution in [0.3, 0.4) is 0 Å². The number of hydrogen-bond donors (Lipinski definition) is 3. The van der Waals surface area contributed by atoms with Crippen LogP contribution in [0.25, 0.3) is 0 Å². The summed E-state index contributed by atoms with van der Waals surface area (Å²) in [6.45, 7) is 6.47. The van der Waals surface area contributed by atoms with Gasteiger partial charge in [-0.3, -0.25) is 0 Å². The van der Waals surface area contributed by atoms with Gasteiger partial charge in [-0.25, -0.2) is 9.59 Å². The van der Waals surface area contributed by atoms with Crippen LogP contribution < -0.4 is 10.6 Å². The fourth-order valence-electron chi connectivity index (χ4n) is 1.52. The summed E-state index contributed by atoms with van der Waals surface area (Å²) in [5.74, 6) is -0.732. The van der Waals surface area contributed by atoms with Gasteiger partial charge in [-0.15, -0.1) is 0 Å². The molecule has 1 unspecified atom stereocenters. The Balaban J connectivity index is 4.37. The predicted octanol–water partition coefficient (Wildman–Crippen LogP) is 0.735. The highest BCUT2D eigenvalue weighted by atomic mass is 16.4. The van der Waals surface area contributed by atoms with Crippen LogP contribution in [0.5, 0.6) is 0 Å². The lowest BCUT2D eigenvalue weighted by molar-refractivity contribution is -0.139. The zero-order valence-electron chi connectivity index (χ0n) is 11.9. The highest BCUT2D eigenvalue weighted by Gasteiger charge is 2.21. The van der Waals surface area contributed by atoms with Crippen LogP contribution in [-0.4, -0.2) is 54.7 Å². The second kappa shape index (κ2) is 7.92. The number of nitrogens with one attached hydrogen (secondary N) is 2. The minimum Gasteiger partial charge on any atom is -0.480 e. The lowest BCUT2D eigenvalue weighted by Crippen LogP contribution is -2.52. The summed E-state index contributed by atoms with van der Waals surface area (Å²) < 4.78 is 0. The van der Waals surface area contributed by atoms with E-state index in [2.05, 4.69) is 10.6 Å². The first-order valence-electron chi connectivity index (χ1n) is 6.22. The molecule has 0 heterocycles. The quantitative estimate of drug-likeness (QED) is 0.629. The molecule has 3 N–H and O–H groups in total. The predicted molar refractivity (Wildman–Crippen MR) is 70.6 cm³/mol. The maximum absolute atomic E-state index is 11.7. The molecule has 0 aliphatic heterocycles. The summed E-state index contributed by atoms with van der Waals surface area (Å²) in [7, 11) is 3.86. The molecule has 6 heteroatoms. The van der Waals surface area contributed by atoms with Crippen molar-refractivity contribution in [1.82, 2.24) is 15.5 Å². The average molecular weight is 259 g/mol. The van der Waals surface area contributed by atoms with Crippen molar-refractivity contribution < 1.29 is 14.7 Å². The van der Waals surface area contributed by atoms with Crippen molar-refractivity contribution in [3.8, 4) is 0 Å². The Morgan fingerprint density at radius 2 is 1.78 bits per heavy atom. The Labute approximate surface area is 109 Å². The summed E-state index contributed by atoms with van der Waals surface area (Å²) in [4.78, 5) is 24.5. The molecule has 0 rings (SSSR count). The fraction of sp³-hybridized carbons (Fsp3) is 0.833. The normalized spacial score (nSPS) is 14.4. The average Bonchev–Trinajstić information content (AvgIpc) is 2.23. The number of carboxylic acids is 1. The van der Waals surface area contributed by atoms with Gasteiger partial charge in [0.1, 0.15) is 6.04 Å². The molecule has 0 bridgehead atoms. The molecule has 0 aliphatic carbocycles. The molecule has 0 fully saturated rings. The smallest absolute Gasteiger partial charge is 0.326 e. The van der Waals surface area contributed by atoms with Crippen molar-refractivity contribution >= 4 is 12.0 Å². The third kappa shape index (κ3) is 6.44. The molecule has 0 saturated heterocycles. The van der Waals surface area contributed by atoms with Crippen LogP contribution in [0.15, 0.2) is 0 Å². The van der Waals surface area contributed by atoms with Crippen molar-refractivity contribution in [1.29, 1.82) is 0 Å². The summed E-state index contributed by atoms with van der Waals surface area (Å²) >= 11 is 0. The maximum Gasteiger partial charge on any atom is 0.326 e. The Morgan fingerprint density at radius 1 is 1.22 bits per heavy atom. The molecule has 106 valence electrons. The van der Waals surface area contributed by atoms with Gasteiger partial charge in [0.2, 0.25) is 0 Å². The zero-order chi connectivity index (χ0) is 14.3. The van der Waals surface area contributed by atoms with Crippen LogP contribution >= 0.6 is 0 Å². The van der Waals surface area contributed by atoms with E-state index >= 15 is 0 Å². The second-order valence-corrected chi connectivity index (χ2v) is 5.03. The minimum atomic E-state index is -1.01. The van der Waals surface area contributed by atoms with E-state index in [1.54, 1.807) is 6.92 Å². The fourth-order valence-corrected chi connectivity index (χ4v) is 1.52. The molecule has 0 aliphatic rings. The third-order valence-corrected chi connectivity index (χ3v) is 2.69. The molecule has 6 nitrogen and oxygen atoms in total. The SMILES string of the molecule is CC[C@@H](NC(=O)NC(CN(C)C)C(C)C)C(=O)O. The first-order valence-corrected chi connectivity index (χ1v) is 6.22. The highest BCUT2D eigenvalue weighted by Crippen LogP contribution is 2.02. The number of carbonyl (C=O) groups excluding carboxylic acids is 1. The standard InChI is InChI=1S/C12H25N3O3/c1-6-9(11(16)17)13-12(18)14-10(8(2)3)7-15(4)5/h8-10H,6-7H2,1-5H3,(H,16,17)(H2,13,14,18)/t9-,10?/m1/s1. The molecule has 0 aromatic heterocycles. The van der Waals surface area contributed by atoms with Gasteiger partial charge in [0, 0.05) is 12.6 Å². The molecule has 0 aromatic carbocycles. The maximum atomic E-state index is 11.7. The number of aliphatic carboxylic acids is 1. The van der Waals surface area contributed by atoms with Gasteiger partial charge in [0.25, 0.3) is 0 Å². The van der Waals surface area contributed by atoms with Gasteiger partial charge in [-0.2, -0.15) is 0 Å². The summed E-state index contributed by atoms with van der Waals surface area (Å²) in [6, 6.07) is -1.27. The molecule has 18 heavy (non-hydrogen) atoms. The van der Waals surface area contributed by atoms with Gasteiger partial charge in [0.15, 0.2) is 0 Å². The number of amides is 2. The third-order valence-electron chi connectivity index (χ3n) is 2.69. The summed E-state index contributed by atoms with van der Waals surface area (Å²) in [5.41, 5.74) is 0. The molecule has 0 aromatic rings. The van der Waals surface area contributed by atoms with Crippen LogP contribution in [-0.2, 0) is 4.79 Å². The summed E-state index contributed by atoms with van der Waals surface area (Å²) in [5, 5.41) is 14.1. The Kier molecular flexibility index (Phi) is 7.35. The molecule has 0 radical (unpaired) electrons. The molecule has 2 amide bonds. The lowest BCUT2D eigenvalue weighted by Gasteiger charge is -2.26. The van der Waals surface area contributed by atoms with Gasteiger partial charge in [-0.1, -0.05) is 20.8 Å². The Hall–Kier alpha value is -1.30. The van der Waals surface area contributed by atoms with E-state index in [1.807, 2.05) is 32.8 Å². The van der Waals surface area contributed by atoms with Crippen molar-refractivity contribution in [2.45, 2.75) is 39.3 Å². The van der Waals surface area contributed by atoms with E-state index in [0.717, 1.165) is 6.54 Å². The molecule has 0 spiro atoms. The van der Waals surface area contributed by atoms with E-state index in [0.29, 0.717) is 6.42 Å².